The van der Waals surface area contributed by atoms with Crippen molar-refractivity contribution in [2.45, 2.75) is 19.3 Å². The lowest BCUT2D eigenvalue weighted by atomic mass is 9.89. The molecule has 4 rings (SSSR count). The maximum atomic E-state index is 3.90. The first kappa shape index (κ1) is 12.4. The molecule has 0 unspecified atom stereocenters. The summed E-state index contributed by atoms with van der Waals surface area (Å²) in [5.74, 6) is 1.11. The van der Waals surface area contributed by atoms with Crippen molar-refractivity contribution >= 4 is 5.69 Å². The minimum atomic E-state index is 1.11. The van der Waals surface area contributed by atoms with Gasteiger partial charge in [-0.1, -0.05) is 0 Å². The number of aromatic nitrogens is 1. The van der Waals surface area contributed by atoms with E-state index in [1.165, 1.54) is 44.6 Å². The van der Waals surface area contributed by atoms with Gasteiger partial charge in [-0.05, 0) is 56.9 Å². The Labute approximate surface area is 104 Å². The summed E-state index contributed by atoms with van der Waals surface area (Å²) < 4.78 is 0. The van der Waals surface area contributed by atoms with E-state index in [-0.39, 0.29) is 0 Å². The van der Waals surface area contributed by atoms with Gasteiger partial charge in [-0.15, -0.1) is 0 Å². The number of piperidine rings is 3. The first-order chi connectivity index (χ1) is 8.25. The Morgan fingerprint density at radius 1 is 1.06 bits per heavy atom. The molecular weight excluding hydrogens is 210 g/mol. The highest BCUT2D eigenvalue weighted by Gasteiger charge is 2.24. The first-order valence-corrected chi connectivity index (χ1v) is 6.55. The molecule has 3 aliphatic rings. The van der Waals surface area contributed by atoms with E-state index in [1.54, 1.807) is 12.4 Å². The fourth-order valence-corrected chi connectivity index (χ4v) is 2.51. The van der Waals surface area contributed by atoms with Crippen LogP contribution in [0.3, 0.4) is 0 Å². The van der Waals surface area contributed by atoms with Crippen molar-refractivity contribution < 1.29 is 0 Å². The second-order valence-corrected chi connectivity index (χ2v) is 5.17. The van der Waals surface area contributed by atoms with Gasteiger partial charge in [0, 0.05) is 32.2 Å². The van der Waals surface area contributed by atoms with Crippen LogP contribution in [0.15, 0.2) is 24.5 Å². The Balaban J connectivity index is 0.000000127. The highest BCUT2D eigenvalue weighted by Crippen LogP contribution is 2.26. The minimum absolute atomic E-state index is 1.11. The molecule has 94 valence electrons. The Bertz CT molecular complexity index is 292. The summed E-state index contributed by atoms with van der Waals surface area (Å²) in [6.07, 6.45) is 8.03. The molecule has 2 bridgehead atoms. The van der Waals surface area contributed by atoms with Gasteiger partial charge in [0.25, 0.3) is 0 Å². The summed E-state index contributed by atoms with van der Waals surface area (Å²) >= 11 is 0. The molecular formula is C14H23N3. The van der Waals surface area contributed by atoms with Crippen LogP contribution >= 0.6 is 0 Å². The van der Waals surface area contributed by atoms with Gasteiger partial charge >= 0.3 is 0 Å². The Morgan fingerprint density at radius 2 is 1.59 bits per heavy atom. The van der Waals surface area contributed by atoms with Gasteiger partial charge in [0.15, 0.2) is 0 Å². The largest absolute Gasteiger partial charge is 0.378 e. The average molecular weight is 233 g/mol. The molecule has 0 N–H and O–H groups in total. The van der Waals surface area contributed by atoms with E-state index in [0.717, 1.165) is 5.92 Å². The molecule has 0 amide bonds. The summed E-state index contributed by atoms with van der Waals surface area (Å²) in [6.45, 7) is 4.18. The van der Waals surface area contributed by atoms with Crippen LogP contribution < -0.4 is 4.90 Å². The molecule has 0 spiro atoms. The van der Waals surface area contributed by atoms with Gasteiger partial charge in [-0.2, -0.15) is 0 Å². The number of hydrogen-bond donors (Lipinski definition) is 0. The summed E-state index contributed by atoms with van der Waals surface area (Å²) in [5, 5.41) is 0. The molecule has 0 aliphatic carbocycles. The van der Waals surface area contributed by atoms with E-state index in [2.05, 4.69) is 9.88 Å². The van der Waals surface area contributed by atoms with Crippen LogP contribution in [0.2, 0.25) is 0 Å². The van der Waals surface area contributed by atoms with E-state index < -0.39 is 0 Å². The van der Waals surface area contributed by atoms with Crippen molar-refractivity contribution in [3.8, 4) is 0 Å². The zero-order chi connectivity index (χ0) is 12.1. The zero-order valence-electron chi connectivity index (χ0n) is 11.0. The molecule has 0 saturated carbocycles. The number of anilines is 1. The summed E-state index contributed by atoms with van der Waals surface area (Å²) in [5.41, 5.74) is 1.19. The fourth-order valence-electron chi connectivity index (χ4n) is 2.51. The summed E-state index contributed by atoms with van der Waals surface area (Å²) in [4.78, 5) is 8.53. The van der Waals surface area contributed by atoms with Gasteiger partial charge < -0.3 is 9.80 Å². The molecule has 3 saturated heterocycles. The van der Waals surface area contributed by atoms with Gasteiger partial charge in [-0.3, -0.25) is 4.98 Å². The zero-order valence-corrected chi connectivity index (χ0v) is 11.0. The van der Waals surface area contributed by atoms with Crippen LogP contribution in [0.1, 0.15) is 19.3 Å². The summed E-state index contributed by atoms with van der Waals surface area (Å²) in [6, 6.07) is 3.94. The van der Waals surface area contributed by atoms with Gasteiger partial charge in [0.1, 0.15) is 0 Å². The number of rotatable bonds is 1. The van der Waals surface area contributed by atoms with E-state index in [4.69, 9.17) is 0 Å². The number of fused-ring (bicyclic) bond motifs is 3. The quantitative estimate of drug-likeness (QED) is 0.741. The lowest BCUT2D eigenvalue weighted by molar-refractivity contribution is 0.111. The van der Waals surface area contributed by atoms with Crippen molar-refractivity contribution in [1.82, 2.24) is 9.88 Å². The normalized spacial score (nSPS) is 26.0. The second-order valence-electron chi connectivity index (χ2n) is 5.17. The maximum Gasteiger partial charge on any atom is 0.0391 e. The molecule has 3 heteroatoms. The lowest BCUT2D eigenvalue weighted by Gasteiger charge is -2.38. The number of hydrogen-bond acceptors (Lipinski definition) is 3. The van der Waals surface area contributed by atoms with Crippen LogP contribution in [0.5, 0.6) is 0 Å². The van der Waals surface area contributed by atoms with Crippen molar-refractivity contribution in [2.75, 3.05) is 38.6 Å². The van der Waals surface area contributed by atoms with Crippen molar-refractivity contribution in [3.63, 3.8) is 0 Å². The van der Waals surface area contributed by atoms with Crippen molar-refractivity contribution in [3.05, 3.63) is 24.5 Å². The van der Waals surface area contributed by atoms with Crippen LogP contribution in [0.25, 0.3) is 0 Å². The molecule has 3 fully saturated rings. The second kappa shape index (κ2) is 6.01. The Kier molecular flexibility index (Phi) is 4.37. The molecule has 1 aromatic rings. The van der Waals surface area contributed by atoms with E-state index >= 15 is 0 Å². The third-order valence-corrected chi connectivity index (χ3v) is 3.74. The fraction of sp³-hybridized carbons (Fsp3) is 0.643. The number of pyridine rings is 1. The highest BCUT2D eigenvalue weighted by atomic mass is 15.1. The van der Waals surface area contributed by atoms with E-state index in [0.29, 0.717) is 0 Å². The third kappa shape index (κ3) is 3.70. The van der Waals surface area contributed by atoms with Gasteiger partial charge in [-0.25, -0.2) is 0 Å². The van der Waals surface area contributed by atoms with Crippen LogP contribution in [0, 0.1) is 5.92 Å². The third-order valence-electron chi connectivity index (χ3n) is 3.74. The van der Waals surface area contributed by atoms with Crippen molar-refractivity contribution in [1.29, 1.82) is 0 Å². The van der Waals surface area contributed by atoms with Crippen molar-refractivity contribution in [2.24, 2.45) is 5.92 Å². The number of nitrogens with zero attached hydrogens (tertiary/aromatic N) is 3. The highest BCUT2D eigenvalue weighted by molar-refractivity contribution is 5.42. The van der Waals surface area contributed by atoms with Gasteiger partial charge in [0.2, 0.25) is 0 Å². The first-order valence-electron chi connectivity index (χ1n) is 6.55. The van der Waals surface area contributed by atoms with Crippen LogP contribution in [0.4, 0.5) is 5.69 Å². The van der Waals surface area contributed by atoms with Crippen LogP contribution in [-0.2, 0) is 0 Å². The molecule has 0 aromatic carbocycles. The van der Waals surface area contributed by atoms with Crippen LogP contribution in [-0.4, -0.2) is 43.6 Å². The van der Waals surface area contributed by atoms with E-state index in [9.17, 15) is 0 Å². The van der Waals surface area contributed by atoms with Gasteiger partial charge in [0.05, 0.1) is 0 Å². The Morgan fingerprint density at radius 3 is 1.82 bits per heavy atom. The maximum absolute atomic E-state index is 3.90. The summed E-state index contributed by atoms with van der Waals surface area (Å²) in [7, 11) is 4.02. The molecule has 4 heterocycles. The lowest BCUT2D eigenvalue weighted by Crippen LogP contribution is -2.41. The Hall–Kier alpha value is -1.09. The van der Waals surface area contributed by atoms with E-state index in [1.807, 2.05) is 31.1 Å². The molecule has 0 radical (unpaired) electrons. The standard InChI is InChI=1S/C7H10N2.C7H13N/c1-9(2)7-3-5-8-6-4-7;1-4-8-5-2-7(1)3-6-8/h3-6H,1-2H3;7H,1-6H2. The molecule has 17 heavy (non-hydrogen) atoms. The molecule has 3 nitrogen and oxygen atoms in total. The SMILES string of the molecule is C1CN2CCC1CC2.CN(C)c1ccncc1. The minimum Gasteiger partial charge on any atom is -0.378 e. The molecule has 0 atom stereocenters. The molecule has 1 aromatic heterocycles. The monoisotopic (exact) mass is 233 g/mol. The molecule has 3 aliphatic heterocycles. The topological polar surface area (TPSA) is 19.4 Å². The average Bonchev–Trinajstić information content (AvgIpc) is 2.43. The predicted molar refractivity (Wildman–Crippen MR) is 72.3 cm³/mol. The predicted octanol–water partition coefficient (Wildman–Crippen LogP) is 2.25. The smallest absolute Gasteiger partial charge is 0.0391 e.